The van der Waals surface area contributed by atoms with Crippen LogP contribution in [-0.4, -0.2) is 24.3 Å². The number of anilines is 1. The summed E-state index contributed by atoms with van der Waals surface area (Å²) in [6, 6.07) is 24.8. The van der Waals surface area contributed by atoms with E-state index in [1.165, 1.54) is 18.4 Å². The van der Waals surface area contributed by atoms with Gasteiger partial charge in [0, 0.05) is 10.9 Å². The van der Waals surface area contributed by atoms with Crippen LogP contribution in [0.1, 0.15) is 21.5 Å². The number of hydrazone groups is 1. The molecule has 0 atom stereocenters. The maximum atomic E-state index is 11.5. The lowest BCUT2D eigenvalue weighted by Gasteiger charge is -2.07. The Kier molecular flexibility index (Phi) is 6.89. The number of benzene rings is 3. The number of ether oxygens (including phenoxy) is 2. The van der Waals surface area contributed by atoms with Crippen LogP contribution < -0.4 is 10.2 Å². The SMILES string of the molecule is COC(=O)c1ccc(COc2ccc(C=NNc3nc(-c4ccccc4)cs3)cc2)cc1. The van der Waals surface area contributed by atoms with E-state index >= 15 is 0 Å². The van der Waals surface area contributed by atoms with Gasteiger partial charge in [-0.3, -0.25) is 5.43 Å². The van der Waals surface area contributed by atoms with E-state index in [9.17, 15) is 4.79 Å². The third kappa shape index (κ3) is 5.59. The highest BCUT2D eigenvalue weighted by molar-refractivity contribution is 7.14. The minimum absolute atomic E-state index is 0.351. The third-order valence-electron chi connectivity index (χ3n) is 4.61. The smallest absolute Gasteiger partial charge is 0.337 e. The van der Waals surface area contributed by atoms with Crippen LogP contribution in [0.4, 0.5) is 5.13 Å². The molecule has 3 aromatic carbocycles. The van der Waals surface area contributed by atoms with Crippen molar-refractivity contribution >= 4 is 28.7 Å². The molecule has 0 aliphatic carbocycles. The van der Waals surface area contributed by atoms with Crippen molar-refractivity contribution in [3.63, 3.8) is 0 Å². The van der Waals surface area contributed by atoms with Gasteiger partial charge in [-0.15, -0.1) is 11.3 Å². The fourth-order valence-corrected chi connectivity index (χ4v) is 3.57. The molecule has 7 heteroatoms. The van der Waals surface area contributed by atoms with Gasteiger partial charge in [0.2, 0.25) is 5.13 Å². The quantitative estimate of drug-likeness (QED) is 0.217. The number of esters is 1. The number of carbonyl (C=O) groups is 1. The van der Waals surface area contributed by atoms with E-state index in [1.54, 1.807) is 18.3 Å². The van der Waals surface area contributed by atoms with Crippen LogP contribution in [0.5, 0.6) is 5.75 Å². The first-order chi connectivity index (χ1) is 15.7. The van der Waals surface area contributed by atoms with Crippen LogP contribution in [0.3, 0.4) is 0 Å². The highest BCUT2D eigenvalue weighted by Crippen LogP contribution is 2.24. The van der Waals surface area contributed by atoms with Gasteiger partial charge in [-0.1, -0.05) is 42.5 Å². The topological polar surface area (TPSA) is 72.8 Å². The van der Waals surface area contributed by atoms with Crippen LogP contribution in [0, 0.1) is 0 Å². The molecule has 0 spiro atoms. The molecule has 0 aliphatic rings. The van der Waals surface area contributed by atoms with E-state index in [1.807, 2.05) is 72.1 Å². The van der Waals surface area contributed by atoms with Gasteiger partial charge in [0.1, 0.15) is 12.4 Å². The van der Waals surface area contributed by atoms with Crippen LogP contribution in [0.2, 0.25) is 0 Å². The molecular formula is C25H21N3O3S. The lowest BCUT2D eigenvalue weighted by Crippen LogP contribution is -2.02. The molecule has 1 aromatic heterocycles. The van der Waals surface area contributed by atoms with Gasteiger partial charge in [-0.25, -0.2) is 9.78 Å². The highest BCUT2D eigenvalue weighted by atomic mass is 32.1. The second-order valence-electron chi connectivity index (χ2n) is 6.82. The number of nitrogens with one attached hydrogen (secondary N) is 1. The molecule has 1 heterocycles. The van der Waals surface area contributed by atoms with Crippen molar-refractivity contribution in [1.29, 1.82) is 0 Å². The van der Waals surface area contributed by atoms with E-state index < -0.39 is 0 Å². The van der Waals surface area contributed by atoms with Crippen molar-refractivity contribution in [2.45, 2.75) is 6.61 Å². The Morgan fingerprint density at radius 3 is 2.50 bits per heavy atom. The first-order valence-electron chi connectivity index (χ1n) is 9.91. The summed E-state index contributed by atoms with van der Waals surface area (Å²) in [6.45, 7) is 0.407. The number of carbonyl (C=O) groups excluding carboxylic acids is 1. The second-order valence-corrected chi connectivity index (χ2v) is 7.68. The summed E-state index contributed by atoms with van der Waals surface area (Å²) in [4.78, 5) is 16.0. The number of thiazole rings is 1. The molecule has 0 aliphatic heterocycles. The molecule has 160 valence electrons. The summed E-state index contributed by atoms with van der Waals surface area (Å²) < 4.78 is 10.5. The molecule has 0 saturated heterocycles. The Hall–Kier alpha value is -3.97. The first kappa shape index (κ1) is 21.3. The number of methoxy groups -OCH3 is 1. The number of rotatable bonds is 8. The number of hydrogen-bond donors (Lipinski definition) is 1. The molecule has 4 aromatic rings. The average molecular weight is 444 g/mol. The zero-order valence-corrected chi connectivity index (χ0v) is 18.2. The maximum Gasteiger partial charge on any atom is 0.337 e. The molecule has 0 unspecified atom stereocenters. The monoisotopic (exact) mass is 443 g/mol. The fourth-order valence-electron chi connectivity index (χ4n) is 2.90. The summed E-state index contributed by atoms with van der Waals surface area (Å²) in [5.41, 5.74) is 7.40. The Bertz CT molecular complexity index is 1190. The van der Waals surface area contributed by atoms with Crippen molar-refractivity contribution < 1.29 is 14.3 Å². The van der Waals surface area contributed by atoms with Gasteiger partial charge in [0.25, 0.3) is 0 Å². The lowest BCUT2D eigenvalue weighted by atomic mass is 10.1. The van der Waals surface area contributed by atoms with Crippen LogP contribution >= 0.6 is 11.3 Å². The van der Waals surface area contributed by atoms with Gasteiger partial charge >= 0.3 is 5.97 Å². The lowest BCUT2D eigenvalue weighted by molar-refractivity contribution is 0.0600. The summed E-state index contributed by atoms with van der Waals surface area (Å²) >= 11 is 1.51. The first-order valence-corrected chi connectivity index (χ1v) is 10.8. The van der Waals surface area contributed by atoms with Crippen molar-refractivity contribution in [3.8, 4) is 17.0 Å². The molecule has 32 heavy (non-hydrogen) atoms. The van der Waals surface area contributed by atoms with Gasteiger partial charge < -0.3 is 9.47 Å². The molecule has 1 N–H and O–H groups in total. The Labute approximate surface area is 190 Å². The van der Waals surface area contributed by atoms with E-state index in [-0.39, 0.29) is 5.97 Å². The van der Waals surface area contributed by atoms with Crippen LogP contribution in [-0.2, 0) is 11.3 Å². The molecule has 4 rings (SSSR count). The third-order valence-corrected chi connectivity index (χ3v) is 5.36. The summed E-state index contributed by atoms with van der Waals surface area (Å²) in [5.74, 6) is 0.398. The standard InChI is InChI=1S/C25H21N3O3S/c1-30-24(29)21-11-7-19(8-12-21)16-31-22-13-9-18(10-14-22)15-26-28-25-27-23(17-32-25)20-5-3-2-4-6-20/h2-15,17H,16H2,1H3,(H,27,28). The van der Waals surface area contributed by atoms with Crippen molar-refractivity contribution in [1.82, 2.24) is 4.98 Å². The number of nitrogens with zero attached hydrogens (tertiary/aromatic N) is 2. The van der Waals surface area contributed by atoms with E-state index in [0.29, 0.717) is 12.2 Å². The van der Waals surface area contributed by atoms with Gasteiger partial charge in [0.05, 0.1) is 24.6 Å². The van der Waals surface area contributed by atoms with E-state index in [2.05, 4.69) is 15.5 Å². The summed E-state index contributed by atoms with van der Waals surface area (Å²) in [5, 5.41) is 7.00. The predicted octanol–water partition coefficient (Wildman–Crippen LogP) is 5.62. The normalized spacial score (nSPS) is 10.8. The molecule has 0 fully saturated rings. The Balaban J connectivity index is 1.28. The Morgan fingerprint density at radius 2 is 1.78 bits per heavy atom. The second kappa shape index (κ2) is 10.4. The molecule has 0 bridgehead atoms. The van der Waals surface area contributed by atoms with Gasteiger partial charge in [-0.05, 0) is 47.5 Å². The number of aromatic nitrogens is 1. The zero-order chi connectivity index (χ0) is 22.2. The van der Waals surface area contributed by atoms with Crippen molar-refractivity contribution in [2.24, 2.45) is 5.10 Å². The zero-order valence-electron chi connectivity index (χ0n) is 17.4. The molecular weight excluding hydrogens is 422 g/mol. The van der Waals surface area contributed by atoms with Gasteiger partial charge in [0.15, 0.2) is 0 Å². The highest BCUT2D eigenvalue weighted by Gasteiger charge is 2.05. The van der Waals surface area contributed by atoms with Crippen LogP contribution in [0.25, 0.3) is 11.3 Å². The maximum absolute atomic E-state index is 11.5. The van der Waals surface area contributed by atoms with E-state index in [4.69, 9.17) is 9.47 Å². The minimum Gasteiger partial charge on any atom is -0.489 e. The molecule has 0 saturated carbocycles. The fraction of sp³-hybridized carbons (Fsp3) is 0.0800. The summed E-state index contributed by atoms with van der Waals surface area (Å²) in [6.07, 6.45) is 1.74. The number of hydrogen-bond acceptors (Lipinski definition) is 7. The van der Waals surface area contributed by atoms with E-state index in [0.717, 1.165) is 33.3 Å². The largest absolute Gasteiger partial charge is 0.489 e. The van der Waals surface area contributed by atoms with Gasteiger partial charge in [-0.2, -0.15) is 5.10 Å². The average Bonchev–Trinajstić information content (AvgIpc) is 3.33. The minimum atomic E-state index is -0.351. The van der Waals surface area contributed by atoms with Crippen molar-refractivity contribution in [2.75, 3.05) is 12.5 Å². The van der Waals surface area contributed by atoms with Crippen LogP contribution in [0.15, 0.2) is 89.3 Å². The molecule has 0 amide bonds. The van der Waals surface area contributed by atoms with Crippen molar-refractivity contribution in [3.05, 3.63) is 101 Å². The molecule has 0 radical (unpaired) electrons. The predicted molar refractivity (Wildman–Crippen MR) is 127 cm³/mol. The Morgan fingerprint density at radius 1 is 1.03 bits per heavy atom. The summed E-state index contributed by atoms with van der Waals surface area (Å²) in [7, 11) is 1.37. The molecule has 6 nitrogen and oxygen atoms in total.